The van der Waals surface area contributed by atoms with Crippen LogP contribution in [0.15, 0.2) is 12.1 Å². The average Bonchev–Trinajstić information content (AvgIpc) is 2.47. The van der Waals surface area contributed by atoms with Crippen molar-refractivity contribution in [1.29, 1.82) is 0 Å². The normalized spacial score (nSPS) is 21.0. The molecular formula is C15H19Cl3N2OS. The first kappa shape index (κ1) is 18.2. The molecule has 2 aliphatic heterocycles. The van der Waals surface area contributed by atoms with Crippen LogP contribution in [0.25, 0.3) is 0 Å². The van der Waals surface area contributed by atoms with E-state index in [0.29, 0.717) is 29.1 Å². The highest BCUT2D eigenvalue weighted by molar-refractivity contribution is 7.99. The minimum absolute atomic E-state index is 0. The van der Waals surface area contributed by atoms with Crippen LogP contribution in [0.5, 0.6) is 0 Å². The zero-order chi connectivity index (χ0) is 14.8. The van der Waals surface area contributed by atoms with Crippen LogP contribution in [0.1, 0.15) is 17.5 Å². The Balaban J connectivity index is 0.00000176. The predicted octanol–water partition coefficient (Wildman–Crippen LogP) is 3.40. The predicted molar refractivity (Wildman–Crippen MR) is 96.6 cm³/mol. The number of fused-ring (bicyclic) bond motifs is 1. The molecule has 0 saturated carbocycles. The van der Waals surface area contributed by atoms with Crippen LogP contribution in [0.2, 0.25) is 10.0 Å². The summed E-state index contributed by atoms with van der Waals surface area (Å²) in [5.74, 6) is 2.37. The number of rotatable bonds is 2. The molecule has 1 amide bonds. The van der Waals surface area contributed by atoms with E-state index in [9.17, 15) is 4.79 Å². The molecule has 0 bridgehead atoms. The van der Waals surface area contributed by atoms with Gasteiger partial charge in [0.1, 0.15) is 0 Å². The maximum absolute atomic E-state index is 12.5. The Hall–Kier alpha value is -0.130. The maximum Gasteiger partial charge on any atom is 0.224 e. The van der Waals surface area contributed by atoms with E-state index in [1.54, 1.807) is 6.07 Å². The highest BCUT2D eigenvalue weighted by atomic mass is 35.5. The van der Waals surface area contributed by atoms with E-state index in [1.165, 1.54) is 5.56 Å². The fraction of sp³-hybridized carbons (Fsp3) is 0.533. The lowest BCUT2D eigenvalue weighted by molar-refractivity contribution is -0.132. The monoisotopic (exact) mass is 380 g/mol. The van der Waals surface area contributed by atoms with Gasteiger partial charge in [-0.05, 0) is 29.7 Å². The summed E-state index contributed by atoms with van der Waals surface area (Å²) < 4.78 is 0. The number of hydrogen-bond donors (Lipinski definition) is 1. The highest BCUT2D eigenvalue weighted by Gasteiger charge is 2.25. The standard InChI is InChI=1S/C15H18Cl2N2OS.ClH/c16-11-5-10-1-3-19(8-13(10)14(17)6-11)15(20)7-12-9-21-4-2-18-12;/h5-6,12,18H,1-4,7-9H2;1H. The lowest BCUT2D eigenvalue weighted by Crippen LogP contribution is -2.44. The van der Waals surface area contributed by atoms with Gasteiger partial charge in [-0.15, -0.1) is 12.4 Å². The molecule has 3 nitrogen and oxygen atoms in total. The van der Waals surface area contributed by atoms with E-state index in [2.05, 4.69) is 5.32 Å². The molecule has 0 spiro atoms. The zero-order valence-electron chi connectivity index (χ0n) is 12.1. The number of thioether (sulfide) groups is 1. The van der Waals surface area contributed by atoms with Crippen molar-refractivity contribution < 1.29 is 4.79 Å². The summed E-state index contributed by atoms with van der Waals surface area (Å²) in [5.41, 5.74) is 2.22. The Labute approximate surface area is 151 Å². The third kappa shape index (κ3) is 4.24. The van der Waals surface area contributed by atoms with Gasteiger partial charge in [-0.2, -0.15) is 11.8 Å². The van der Waals surface area contributed by atoms with Gasteiger partial charge in [-0.3, -0.25) is 4.79 Å². The Morgan fingerprint density at radius 3 is 2.95 bits per heavy atom. The van der Waals surface area contributed by atoms with Gasteiger partial charge in [0, 0.05) is 53.6 Å². The minimum Gasteiger partial charge on any atom is -0.338 e. The van der Waals surface area contributed by atoms with E-state index >= 15 is 0 Å². The van der Waals surface area contributed by atoms with Gasteiger partial charge in [0.15, 0.2) is 0 Å². The van der Waals surface area contributed by atoms with Gasteiger partial charge in [0.2, 0.25) is 5.91 Å². The number of carbonyl (C=O) groups excluding carboxylic acids is 1. The van der Waals surface area contributed by atoms with Crippen LogP contribution in [-0.2, 0) is 17.8 Å². The quantitative estimate of drug-likeness (QED) is 0.852. The molecule has 0 aromatic heterocycles. The first-order valence-corrected chi connectivity index (χ1v) is 9.10. The summed E-state index contributed by atoms with van der Waals surface area (Å²) in [6, 6.07) is 4.03. The summed E-state index contributed by atoms with van der Waals surface area (Å²) in [5, 5.41) is 4.75. The number of nitrogens with zero attached hydrogens (tertiary/aromatic N) is 1. The van der Waals surface area contributed by atoms with Gasteiger partial charge in [-0.1, -0.05) is 23.2 Å². The molecule has 1 fully saturated rings. The topological polar surface area (TPSA) is 32.3 Å². The molecule has 3 rings (SSSR count). The molecule has 2 aliphatic rings. The van der Waals surface area contributed by atoms with Crippen molar-refractivity contribution in [2.24, 2.45) is 0 Å². The third-order valence-electron chi connectivity index (χ3n) is 4.02. The van der Waals surface area contributed by atoms with E-state index in [1.807, 2.05) is 22.7 Å². The number of benzene rings is 1. The molecule has 1 saturated heterocycles. The molecule has 1 aromatic rings. The van der Waals surface area contributed by atoms with Gasteiger partial charge in [0.25, 0.3) is 0 Å². The highest BCUT2D eigenvalue weighted by Crippen LogP contribution is 2.30. The summed E-state index contributed by atoms with van der Waals surface area (Å²) in [7, 11) is 0. The summed E-state index contributed by atoms with van der Waals surface area (Å²) in [6.45, 7) is 2.35. The molecule has 1 aromatic carbocycles. The van der Waals surface area contributed by atoms with Gasteiger partial charge in [0.05, 0.1) is 0 Å². The smallest absolute Gasteiger partial charge is 0.224 e. The van der Waals surface area contributed by atoms with Crippen LogP contribution in [0.4, 0.5) is 0 Å². The molecule has 0 radical (unpaired) electrons. The number of nitrogens with one attached hydrogen (secondary N) is 1. The van der Waals surface area contributed by atoms with Crippen molar-refractivity contribution in [2.45, 2.75) is 25.4 Å². The summed E-state index contributed by atoms with van der Waals surface area (Å²) in [4.78, 5) is 14.4. The molecule has 7 heteroatoms. The maximum atomic E-state index is 12.5. The lowest BCUT2D eigenvalue weighted by Gasteiger charge is -2.31. The van der Waals surface area contributed by atoms with Crippen molar-refractivity contribution in [2.75, 3.05) is 24.6 Å². The average molecular weight is 382 g/mol. The van der Waals surface area contributed by atoms with Gasteiger partial charge < -0.3 is 10.2 Å². The lowest BCUT2D eigenvalue weighted by atomic mass is 9.99. The molecule has 2 heterocycles. The first-order chi connectivity index (χ1) is 10.1. The fourth-order valence-corrected chi connectivity index (χ4v) is 4.43. The molecule has 122 valence electrons. The second-order valence-corrected chi connectivity index (χ2v) is 7.51. The molecule has 1 N–H and O–H groups in total. The third-order valence-corrected chi connectivity index (χ3v) is 5.71. The van der Waals surface area contributed by atoms with Gasteiger partial charge >= 0.3 is 0 Å². The Kier molecular flexibility index (Phi) is 6.72. The number of amides is 1. The first-order valence-electron chi connectivity index (χ1n) is 7.19. The fourth-order valence-electron chi connectivity index (χ4n) is 2.89. The Morgan fingerprint density at radius 1 is 1.41 bits per heavy atom. The molecule has 0 aliphatic carbocycles. The van der Waals surface area contributed by atoms with Crippen LogP contribution < -0.4 is 5.32 Å². The number of carbonyl (C=O) groups is 1. The van der Waals surface area contributed by atoms with Crippen molar-refractivity contribution in [1.82, 2.24) is 10.2 Å². The van der Waals surface area contributed by atoms with E-state index in [4.69, 9.17) is 23.2 Å². The van der Waals surface area contributed by atoms with E-state index in [0.717, 1.165) is 36.6 Å². The van der Waals surface area contributed by atoms with Crippen molar-refractivity contribution in [3.63, 3.8) is 0 Å². The summed E-state index contributed by atoms with van der Waals surface area (Å²) in [6.07, 6.45) is 1.40. The zero-order valence-corrected chi connectivity index (χ0v) is 15.3. The van der Waals surface area contributed by atoms with Crippen LogP contribution >= 0.6 is 47.4 Å². The molecule has 1 atom stereocenters. The number of hydrogen-bond acceptors (Lipinski definition) is 3. The largest absolute Gasteiger partial charge is 0.338 e. The second kappa shape index (κ2) is 8.11. The molecular weight excluding hydrogens is 363 g/mol. The Bertz CT molecular complexity index is 550. The van der Waals surface area contributed by atoms with Crippen LogP contribution in [0, 0.1) is 0 Å². The molecule has 1 unspecified atom stereocenters. The van der Waals surface area contributed by atoms with Crippen molar-refractivity contribution in [3.8, 4) is 0 Å². The Morgan fingerprint density at radius 2 is 2.23 bits per heavy atom. The van der Waals surface area contributed by atoms with Crippen molar-refractivity contribution >= 4 is 53.3 Å². The minimum atomic E-state index is 0. The van der Waals surface area contributed by atoms with Crippen molar-refractivity contribution in [3.05, 3.63) is 33.3 Å². The van der Waals surface area contributed by atoms with Crippen LogP contribution in [-0.4, -0.2) is 41.4 Å². The number of halogens is 3. The molecule has 22 heavy (non-hydrogen) atoms. The van der Waals surface area contributed by atoms with E-state index < -0.39 is 0 Å². The SMILES string of the molecule is Cl.O=C(CC1CSCCN1)N1CCc2cc(Cl)cc(Cl)c2C1. The van der Waals surface area contributed by atoms with Crippen LogP contribution in [0.3, 0.4) is 0 Å². The summed E-state index contributed by atoms with van der Waals surface area (Å²) >= 11 is 14.2. The van der Waals surface area contributed by atoms with E-state index in [-0.39, 0.29) is 18.3 Å². The van der Waals surface area contributed by atoms with Gasteiger partial charge in [-0.25, -0.2) is 0 Å². The second-order valence-electron chi connectivity index (χ2n) is 5.52.